The van der Waals surface area contributed by atoms with Crippen LogP contribution in [0.1, 0.15) is 37.3 Å². The van der Waals surface area contributed by atoms with Gasteiger partial charge in [0.1, 0.15) is 0 Å². The van der Waals surface area contributed by atoms with Crippen LogP contribution in [0.5, 0.6) is 0 Å². The topological polar surface area (TPSA) is 63.2 Å². The molecule has 0 bridgehead atoms. The molecule has 2 unspecified atom stereocenters. The van der Waals surface area contributed by atoms with Gasteiger partial charge in [0.15, 0.2) is 9.84 Å². The van der Waals surface area contributed by atoms with Crippen LogP contribution in [0.3, 0.4) is 0 Å². The van der Waals surface area contributed by atoms with Crippen LogP contribution in [-0.4, -0.2) is 25.8 Å². The first-order valence-electron chi connectivity index (χ1n) is 7.58. The predicted molar refractivity (Wildman–Crippen MR) is 81.4 cm³/mol. The summed E-state index contributed by atoms with van der Waals surface area (Å²) in [7, 11) is -2.91. The Morgan fingerprint density at radius 3 is 2.48 bits per heavy atom. The van der Waals surface area contributed by atoms with E-state index in [1.54, 1.807) is 0 Å². The molecule has 0 aromatic heterocycles. The van der Waals surface area contributed by atoms with Crippen LogP contribution in [0.25, 0.3) is 0 Å². The summed E-state index contributed by atoms with van der Waals surface area (Å²) < 4.78 is 22.9. The lowest BCUT2D eigenvalue weighted by molar-refractivity contribution is -0.122. The van der Waals surface area contributed by atoms with E-state index in [4.69, 9.17) is 0 Å². The highest BCUT2D eigenvalue weighted by Gasteiger charge is 2.35. The Kier molecular flexibility index (Phi) is 4.02. The molecule has 2 aliphatic rings. The first kappa shape index (κ1) is 14.6. The van der Waals surface area contributed by atoms with E-state index in [0.717, 1.165) is 18.4 Å². The molecule has 1 amide bonds. The van der Waals surface area contributed by atoms with Gasteiger partial charge in [-0.2, -0.15) is 0 Å². The van der Waals surface area contributed by atoms with Gasteiger partial charge in [0.05, 0.1) is 17.5 Å². The molecule has 21 heavy (non-hydrogen) atoms. The van der Waals surface area contributed by atoms with Gasteiger partial charge in [0.2, 0.25) is 5.91 Å². The van der Waals surface area contributed by atoms with Crippen LogP contribution in [-0.2, 0) is 14.6 Å². The Balaban J connectivity index is 1.60. The Hall–Kier alpha value is -1.36. The van der Waals surface area contributed by atoms with Crippen molar-refractivity contribution in [2.75, 3.05) is 11.5 Å². The number of hydrogen-bond acceptors (Lipinski definition) is 3. The minimum absolute atomic E-state index is 0.00868. The Morgan fingerprint density at radius 1 is 1.19 bits per heavy atom. The Morgan fingerprint density at radius 2 is 1.90 bits per heavy atom. The highest BCUT2D eigenvalue weighted by Crippen LogP contribution is 2.41. The molecule has 1 saturated heterocycles. The molecule has 1 aliphatic heterocycles. The number of nitrogens with one attached hydrogen (secondary N) is 1. The Bertz CT molecular complexity index is 608. The number of hydrogen-bond donors (Lipinski definition) is 1. The molecule has 1 aromatic rings. The van der Waals surface area contributed by atoms with Crippen molar-refractivity contribution in [3.8, 4) is 0 Å². The summed E-state index contributed by atoms with van der Waals surface area (Å²) in [5.41, 5.74) is 1.15. The predicted octanol–water partition coefficient (Wildman–Crippen LogP) is 2.08. The standard InChI is InChI=1S/C16H21NO3S/c18-15(10-12-8-9-21(19,20)11-12)17-16(14-6-7-14)13-4-2-1-3-5-13/h1-5,12,14,16H,6-11H2,(H,17,18). The highest BCUT2D eigenvalue weighted by molar-refractivity contribution is 7.91. The van der Waals surface area contributed by atoms with E-state index in [1.807, 2.05) is 30.3 Å². The minimum Gasteiger partial charge on any atom is -0.349 e. The van der Waals surface area contributed by atoms with Crippen molar-refractivity contribution in [2.24, 2.45) is 11.8 Å². The summed E-state index contributed by atoms with van der Waals surface area (Å²) in [5.74, 6) is 0.905. The van der Waals surface area contributed by atoms with E-state index >= 15 is 0 Å². The second-order valence-electron chi connectivity index (χ2n) is 6.27. The number of carbonyl (C=O) groups excluding carboxylic acids is 1. The summed E-state index contributed by atoms with van der Waals surface area (Å²) in [6.07, 6.45) is 3.25. The zero-order valence-corrected chi connectivity index (χ0v) is 12.8. The lowest BCUT2D eigenvalue weighted by atomic mass is 10.0. The summed E-state index contributed by atoms with van der Waals surface area (Å²) >= 11 is 0. The molecule has 114 valence electrons. The lowest BCUT2D eigenvalue weighted by Gasteiger charge is -2.19. The molecule has 1 N–H and O–H groups in total. The van der Waals surface area contributed by atoms with Gasteiger partial charge in [-0.15, -0.1) is 0 Å². The third kappa shape index (κ3) is 3.84. The largest absolute Gasteiger partial charge is 0.349 e. The second-order valence-corrected chi connectivity index (χ2v) is 8.50. The van der Waals surface area contributed by atoms with Crippen LogP contribution in [0.15, 0.2) is 30.3 Å². The second kappa shape index (κ2) is 5.79. The number of sulfone groups is 1. The van der Waals surface area contributed by atoms with Gasteiger partial charge in [0.25, 0.3) is 0 Å². The maximum Gasteiger partial charge on any atom is 0.220 e. The number of benzene rings is 1. The maximum atomic E-state index is 12.2. The summed E-state index contributed by atoms with van der Waals surface area (Å²) in [6, 6.07) is 10.1. The molecular weight excluding hydrogens is 286 g/mol. The number of amides is 1. The van der Waals surface area contributed by atoms with Crippen molar-refractivity contribution in [1.29, 1.82) is 0 Å². The fourth-order valence-corrected chi connectivity index (χ4v) is 4.95. The Labute approximate surface area is 125 Å². The van der Waals surface area contributed by atoms with Gasteiger partial charge >= 0.3 is 0 Å². The zero-order valence-electron chi connectivity index (χ0n) is 12.0. The average molecular weight is 307 g/mol. The van der Waals surface area contributed by atoms with E-state index in [2.05, 4.69) is 5.32 Å². The average Bonchev–Trinajstić information content (AvgIpc) is 3.22. The van der Waals surface area contributed by atoms with Crippen LogP contribution >= 0.6 is 0 Å². The molecule has 3 rings (SSSR count). The van der Waals surface area contributed by atoms with Crippen molar-refractivity contribution in [3.05, 3.63) is 35.9 Å². The third-order valence-corrected chi connectivity index (χ3v) is 6.21. The molecular formula is C16H21NO3S. The molecule has 0 spiro atoms. The smallest absolute Gasteiger partial charge is 0.220 e. The van der Waals surface area contributed by atoms with E-state index in [0.29, 0.717) is 18.8 Å². The zero-order chi connectivity index (χ0) is 14.9. The van der Waals surface area contributed by atoms with Gasteiger partial charge in [-0.05, 0) is 36.7 Å². The van der Waals surface area contributed by atoms with Crippen LogP contribution in [0.2, 0.25) is 0 Å². The first-order chi connectivity index (χ1) is 10.0. The molecule has 2 atom stereocenters. The molecule has 1 aliphatic carbocycles. The van der Waals surface area contributed by atoms with Gasteiger partial charge in [0, 0.05) is 6.42 Å². The molecule has 1 aromatic carbocycles. The van der Waals surface area contributed by atoms with E-state index in [-0.39, 0.29) is 29.4 Å². The molecule has 4 nitrogen and oxygen atoms in total. The van der Waals surface area contributed by atoms with Crippen molar-refractivity contribution in [3.63, 3.8) is 0 Å². The van der Waals surface area contributed by atoms with Gasteiger partial charge in [-0.3, -0.25) is 4.79 Å². The van der Waals surface area contributed by atoms with E-state index in [1.165, 1.54) is 0 Å². The van der Waals surface area contributed by atoms with Crippen molar-refractivity contribution >= 4 is 15.7 Å². The third-order valence-electron chi connectivity index (χ3n) is 4.37. The summed E-state index contributed by atoms with van der Waals surface area (Å²) in [4.78, 5) is 12.2. The number of carbonyl (C=O) groups is 1. The first-order valence-corrected chi connectivity index (χ1v) is 9.40. The monoisotopic (exact) mass is 307 g/mol. The molecule has 2 fully saturated rings. The SMILES string of the molecule is O=C(CC1CCS(=O)(=O)C1)NC(c1ccccc1)C1CC1. The van der Waals surface area contributed by atoms with E-state index in [9.17, 15) is 13.2 Å². The highest BCUT2D eigenvalue weighted by atomic mass is 32.2. The fraction of sp³-hybridized carbons (Fsp3) is 0.562. The molecule has 1 heterocycles. The summed E-state index contributed by atoms with van der Waals surface area (Å²) in [6.45, 7) is 0. The van der Waals surface area contributed by atoms with Crippen molar-refractivity contribution in [1.82, 2.24) is 5.32 Å². The van der Waals surface area contributed by atoms with Crippen molar-refractivity contribution in [2.45, 2.75) is 31.7 Å². The quantitative estimate of drug-likeness (QED) is 0.906. The van der Waals surface area contributed by atoms with E-state index < -0.39 is 9.84 Å². The normalized spacial score (nSPS) is 25.4. The molecule has 5 heteroatoms. The van der Waals surface area contributed by atoms with Crippen LogP contribution < -0.4 is 5.32 Å². The number of rotatable bonds is 5. The fourth-order valence-electron chi connectivity index (χ4n) is 3.09. The van der Waals surface area contributed by atoms with Gasteiger partial charge < -0.3 is 5.32 Å². The molecule has 1 saturated carbocycles. The minimum atomic E-state index is -2.91. The summed E-state index contributed by atoms with van der Waals surface area (Å²) in [5, 5.41) is 3.12. The lowest BCUT2D eigenvalue weighted by Crippen LogP contribution is -2.31. The van der Waals surface area contributed by atoms with Gasteiger partial charge in [-0.25, -0.2) is 8.42 Å². The van der Waals surface area contributed by atoms with Crippen molar-refractivity contribution < 1.29 is 13.2 Å². The maximum absolute atomic E-state index is 12.2. The van der Waals surface area contributed by atoms with Gasteiger partial charge in [-0.1, -0.05) is 30.3 Å². The van der Waals surface area contributed by atoms with Crippen LogP contribution in [0.4, 0.5) is 0 Å². The molecule has 0 radical (unpaired) electrons. The van der Waals surface area contributed by atoms with Crippen LogP contribution in [0, 0.1) is 11.8 Å².